The quantitative estimate of drug-likeness (QED) is 0.879. The lowest BCUT2D eigenvalue weighted by Crippen LogP contribution is -2.41. The normalized spacial score (nSPS) is 16.6. The minimum Gasteiger partial charge on any atom is -0.497 e. The molecule has 0 unspecified atom stereocenters. The first-order valence-electron chi connectivity index (χ1n) is 8.92. The molecule has 0 saturated heterocycles. The van der Waals surface area contributed by atoms with Crippen LogP contribution in [0.15, 0.2) is 42.5 Å². The molecule has 6 nitrogen and oxygen atoms in total. The van der Waals surface area contributed by atoms with E-state index in [9.17, 15) is 9.59 Å². The molecule has 140 valence electrons. The Labute approximate surface area is 157 Å². The second kappa shape index (κ2) is 6.61. The summed E-state index contributed by atoms with van der Waals surface area (Å²) < 4.78 is 10.5. The SMILES string of the molecule is COc1ccc2c(c1)C1(CC1)CN(C(=O)c1ccc(OCC(=O)O)cc1)C2. The van der Waals surface area contributed by atoms with Gasteiger partial charge in [-0.3, -0.25) is 4.79 Å². The van der Waals surface area contributed by atoms with Crippen molar-refractivity contribution < 1.29 is 24.2 Å². The lowest BCUT2D eigenvalue weighted by molar-refractivity contribution is -0.139. The summed E-state index contributed by atoms with van der Waals surface area (Å²) in [5, 5.41) is 8.66. The number of nitrogens with zero attached hydrogens (tertiary/aromatic N) is 1. The highest BCUT2D eigenvalue weighted by atomic mass is 16.5. The molecule has 1 spiro atoms. The van der Waals surface area contributed by atoms with Gasteiger partial charge in [-0.15, -0.1) is 0 Å². The first kappa shape index (κ1) is 17.4. The molecule has 0 aromatic heterocycles. The minimum atomic E-state index is -1.03. The third-order valence-electron chi connectivity index (χ3n) is 5.35. The molecule has 6 heteroatoms. The zero-order valence-corrected chi connectivity index (χ0v) is 15.1. The van der Waals surface area contributed by atoms with Crippen molar-refractivity contribution in [2.24, 2.45) is 0 Å². The molecule has 1 heterocycles. The molecular formula is C21H21NO5. The number of carboxylic acid groups (broad SMARTS) is 1. The molecule has 0 bridgehead atoms. The van der Waals surface area contributed by atoms with E-state index in [1.54, 1.807) is 31.4 Å². The molecule has 0 radical (unpaired) electrons. The minimum absolute atomic E-state index is 0.0208. The third-order valence-corrected chi connectivity index (χ3v) is 5.35. The fourth-order valence-corrected chi connectivity index (χ4v) is 3.77. The predicted molar refractivity (Wildman–Crippen MR) is 98.2 cm³/mol. The highest BCUT2D eigenvalue weighted by Crippen LogP contribution is 2.53. The van der Waals surface area contributed by atoms with Crippen LogP contribution in [0.2, 0.25) is 0 Å². The Morgan fingerprint density at radius 1 is 1.11 bits per heavy atom. The molecule has 27 heavy (non-hydrogen) atoms. The molecule has 1 saturated carbocycles. The van der Waals surface area contributed by atoms with E-state index in [1.165, 1.54) is 11.1 Å². The van der Waals surface area contributed by atoms with Crippen LogP contribution < -0.4 is 9.47 Å². The van der Waals surface area contributed by atoms with E-state index in [-0.39, 0.29) is 11.3 Å². The summed E-state index contributed by atoms with van der Waals surface area (Å²) in [5.74, 6) is 0.237. The van der Waals surface area contributed by atoms with E-state index in [4.69, 9.17) is 14.6 Å². The van der Waals surface area contributed by atoms with Gasteiger partial charge in [0.25, 0.3) is 5.91 Å². The Kier molecular flexibility index (Phi) is 4.26. The number of aliphatic carboxylic acids is 1. The molecule has 1 amide bonds. The van der Waals surface area contributed by atoms with Gasteiger partial charge in [-0.2, -0.15) is 0 Å². The number of ether oxygens (including phenoxy) is 2. The number of hydrogen-bond acceptors (Lipinski definition) is 4. The second-order valence-electron chi connectivity index (χ2n) is 7.17. The summed E-state index contributed by atoms with van der Waals surface area (Å²) in [6.07, 6.45) is 2.16. The van der Waals surface area contributed by atoms with Crippen LogP contribution in [0.5, 0.6) is 11.5 Å². The number of carboxylic acids is 1. The number of carbonyl (C=O) groups is 2. The molecule has 2 aliphatic rings. The summed E-state index contributed by atoms with van der Waals surface area (Å²) in [5.41, 5.74) is 3.12. The fourth-order valence-electron chi connectivity index (χ4n) is 3.77. The first-order valence-corrected chi connectivity index (χ1v) is 8.92. The summed E-state index contributed by atoms with van der Waals surface area (Å²) in [6.45, 7) is 0.891. The van der Waals surface area contributed by atoms with E-state index in [0.29, 0.717) is 24.4 Å². The van der Waals surface area contributed by atoms with Crippen LogP contribution in [-0.2, 0) is 16.8 Å². The van der Waals surface area contributed by atoms with Gasteiger partial charge in [-0.05, 0) is 60.4 Å². The van der Waals surface area contributed by atoms with Gasteiger partial charge < -0.3 is 19.5 Å². The van der Waals surface area contributed by atoms with Gasteiger partial charge in [-0.1, -0.05) is 6.07 Å². The van der Waals surface area contributed by atoms with Crippen molar-refractivity contribution in [2.75, 3.05) is 20.3 Å². The van der Waals surface area contributed by atoms with Crippen molar-refractivity contribution in [3.8, 4) is 11.5 Å². The zero-order chi connectivity index (χ0) is 19.0. The molecule has 0 atom stereocenters. The topological polar surface area (TPSA) is 76.1 Å². The molecular weight excluding hydrogens is 346 g/mol. The Balaban J connectivity index is 1.52. The lowest BCUT2D eigenvalue weighted by atomic mass is 9.86. The van der Waals surface area contributed by atoms with Gasteiger partial charge in [0.05, 0.1) is 7.11 Å². The number of hydrogen-bond donors (Lipinski definition) is 1. The van der Waals surface area contributed by atoms with Gasteiger partial charge in [0.1, 0.15) is 11.5 Å². The van der Waals surface area contributed by atoms with Crippen LogP contribution in [0.1, 0.15) is 34.3 Å². The van der Waals surface area contributed by atoms with Crippen molar-refractivity contribution in [1.29, 1.82) is 0 Å². The smallest absolute Gasteiger partial charge is 0.341 e. The second-order valence-corrected chi connectivity index (χ2v) is 7.17. The van der Waals surface area contributed by atoms with Gasteiger partial charge in [-0.25, -0.2) is 4.79 Å². The van der Waals surface area contributed by atoms with Gasteiger partial charge in [0.15, 0.2) is 6.61 Å². The molecule has 1 fully saturated rings. The Hall–Kier alpha value is -3.02. The van der Waals surface area contributed by atoms with Crippen molar-refractivity contribution in [3.05, 3.63) is 59.2 Å². The number of rotatable bonds is 5. The van der Waals surface area contributed by atoms with Gasteiger partial charge >= 0.3 is 5.97 Å². The average molecular weight is 367 g/mol. The maximum absolute atomic E-state index is 13.0. The Morgan fingerprint density at radius 2 is 1.81 bits per heavy atom. The Morgan fingerprint density at radius 3 is 2.44 bits per heavy atom. The maximum Gasteiger partial charge on any atom is 0.341 e. The van der Waals surface area contributed by atoms with Crippen molar-refractivity contribution >= 4 is 11.9 Å². The zero-order valence-electron chi connectivity index (χ0n) is 15.1. The first-order chi connectivity index (χ1) is 13.0. The number of amides is 1. The number of fused-ring (bicyclic) bond motifs is 2. The summed E-state index contributed by atoms with van der Waals surface area (Å²) in [6, 6.07) is 12.7. The third kappa shape index (κ3) is 3.35. The molecule has 1 aliphatic heterocycles. The highest BCUT2D eigenvalue weighted by Gasteiger charge is 2.50. The summed E-state index contributed by atoms with van der Waals surface area (Å²) in [7, 11) is 1.67. The van der Waals surface area contributed by atoms with Crippen LogP contribution in [0.3, 0.4) is 0 Å². The summed E-state index contributed by atoms with van der Waals surface area (Å²) in [4.78, 5) is 25.5. The highest BCUT2D eigenvalue weighted by molar-refractivity contribution is 5.94. The van der Waals surface area contributed by atoms with Crippen LogP contribution in [0.4, 0.5) is 0 Å². The molecule has 4 rings (SSSR count). The molecule has 2 aromatic carbocycles. The summed E-state index contributed by atoms with van der Waals surface area (Å²) >= 11 is 0. The van der Waals surface area contributed by atoms with Gasteiger partial charge in [0, 0.05) is 24.1 Å². The van der Waals surface area contributed by atoms with Crippen LogP contribution in [0, 0.1) is 0 Å². The van der Waals surface area contributed by atoms with E-state index in [2.05, 4.69) is 12.1 Å². The standard InChI is InChI=1S/C21H21NO5/c1-26-17-7-4-15-11-22(13-21(8-9-21)18(15)10-17)20(25)14-2-5-16(6-3-14)27-12-19(23)24/h2-7,10H,8-9,11-13H2,1H3,(H,23,24). The number of carbonyl (C=O) groups excluding carboxylic acids is 1. The lowest BCUT2D eigenvalue weighted by Gasteiger charge is -2.35. The number of methoxy groups -OCH3 is 1. The molecule has 1 N–H and O–H groups in total. The maximum atomic E-state index is 13.0. The van der Waals surface area contributed by atoms with Crippen molar-refractivity contribution in [2.45, 2.75) is 24.8 Å². The predicted octanol–water partition coefficient (Wildman–Crippen LogP) is 2.85. The fraction of sp³-hybridized carbons (Fsp3) is 0.333. The molecule has 1 aliphatic carbocycles. The van der Waals surface area contributed by atoms with E-state index in [1.807, 2.05) is 11.0 Å². The van der Waals surface area contributed by atoms with E-state index >= 15 is 0 Å². The van der Waals surface area contributed by atoms with Crippen molar-refractivity contribution in [1.82, 2.24) is 4.90 Å². The average Bonchev–Trinajstić information content (AvgIpc) is 3.45. The monoisotopic (exact) mass is 367 g/mol. The van der Waals surface area contributed by atoms with E-state index < -0.39 is 12.6 Å². The number of benzene rings is 2. The van der Waals surface area contributed by atoms with Crippen LogP contribution in [-0.4, -0.2) is 42.1 Å². The van der Waals surface area contributed by atoms with Crippen LogP contribution >= 0.6 is 0 Å². The van der Waals surface area contributed by atoms with E-state index in [0.717, 1.165) is 18.6 Å². The molecule has 2 aromatic rings. The largest absolute Gasteiger partial charge is 0.497 e. The Bertz CT molecular complexity index is 886. The van der Waals surface area contributed by atoms with Crippen molar-refractivity contribution in [3.63, 3.8) is 0 Å². The van der Waals surface area contributed by atoms with Crippen LogP contribution in [0.25, 0.3) is 0 Å². The van der Waals surface area contributed by atoms with Gasteiger partial charge in [0.2, 0.25) is 0 Å².